The fraction of sp³-hybridized carbons (Fsp3) is 0.333. The molecule has 72 valence electrons. The molecular weight excluding hydrogens is 173 g/mol. The second kappa shape index (κ2) is 4.09. The van der Waals surface area contributed by atoms with Gasteiger partial charge in [-0.05, 0) is 18.2 Å². The number of phenols is 1. The highest BCUT2D eigenvalue weighted by molar-refractivity contribution is 5.41. The molecule has 0 saturated carbocycles. The lowest BCUT2D eigenvalue weighted by molar-refractivity contribution is 0.329. The third kappa shape index (κ3) is 2.09. The summed E-state index contributed by atoms with van der Waals surface area (Å²) in [7, 11) is 1.44. The molecule has 1 rings (SSSR count). The summed E-state index contributed by atoms with van der Waals surface area (Å²) in [6, 6.07) is 4.26. The largest absolute Gasteiger partial charge is 0.508 e. The van der Waals surface area contributed by atoms with E-state index >= 15 is 0 Å². The van der Waals surface area contributed by atoms with Crippen LogP contribution in [0.25, 0.3) is 0 Å². The van der Waals surface area contributed by atoms with Gasteiger partial charge < -0.3 is 15.6 Å². The molecule has 1 atom stereocenters. The third-order valence-electron chi connectivity index (χ3n) is 1.76. The van der Waals surface area contributed by atoms with Gasteiger partial charge in [-0.3, -0.25) is 0 Å². The SMILES string of the molecule is COc1ccc(O)cc1C(F)CN. The van der Waals surface area contributed by atoms with Crippen LogP contribution in [0.1, 0.15) is 11.7 Å². The van der Waals surface area contributed by atoms with E-state index < -0.39 is 6.17 Å². The first-order chi connectivity index (χ1) is 6.19. The zero-order chi connectivity index (χ0) is 9.84. The predicted octanol–water partition coefficient (Wildman–Crippen LogP) is 1.37. The predicted molar refractivity (Wildman–Crippen MR) is 47.6 cm³/mol. The summed E-state index contributed by atoms with van der Waals surface area (Å²) in [6.07, 6.45) is -1.30. The van der Waals surface area contributed by atoms with Crippen LogP contribution in [0.15, 0.2) is 18.2 Å². The van der Waals surface area contributed by atoms with E-state index in [2.05, 4.69) is 0 Å². The highest BCUT2D eigenvalue weighted by Gasteiger charge is 2.13. The Labute approximate surface area is 75.9 Å². The molecule has 13 heavy (non-hydrogen) atoms. The Hall–Kier alpha value is -1.29. The summed E-state index contributed by atoms with van der Waals surface area (Å²) in [6.45, 7) is -0.125. The van der Waals surface area contributed by atoms with E-state index in [1.54, 1.807) is 0 Å². The van der Waals surface area contributed by atoms with Crippen LogP contribution in [-0.4, -0.2) is 18.8 Å². The van der Waals surface area contributed by atoms with Crippen molar-refractivity contribution in [1.82, 2.24) is 0 Å². The van der Waals surface area contributed by atoms with Crippen LogP contribution >= 0.6 is 0 Å². The lowest BCUT2D eigenvalue weighted by Crippen LogP contribution is -2.08. The Morgan fingerprint density at radius 1 is 1.62 bits per heavy atom. The molecule has 4 heteroatoms. The first-order valence-corrected chi connectivity index (χ1v) is 3.90. The summed E-state index contributed by atoms with van der Waals surface area (Å²) >= 11 is 0. The van der Waals surface area contributed by atoms with E-state index in [1.165, 1.54) is 25.3 Å². The zero-order valence-electron chi connectivity index (χ0n) is 7.33. The lowest BCUT2D eigenvalue weighted by atomic mass is 10.1. The third-order valence-corrected chi connectivity index (χ3v) is 1.76. The van der Waals surface area contributed by atoms with Gasteiger partial charge in [-0.1, -0.05) is 0 Å². The summed E-state index contributed by atoms with van der Waals surface area (Å²) in [5, 5.41) is 9.11. The van der Waals surface area contributed by atoms with Gasteiger partial charge in [0.15, 0.2) is 0 Å². The van der Waals surface area contributed by atoms with Crippen LogP contribution in [0.5, 0.6) is 11.5 Å². The fourth-order valence-electron chi connectivity index (χ4n) is 1.09. The van der Waals surface area contributed by atoms with Crippen LogP contribution in [0.2, 0.25) is 0 Å². The summed E-state index contributed by atoms with van der Waals surface area (Å²) < 4.78 is 18.1. The average Bonchev–Trinajstić information content (AvgIpc) is 2.16. The van der Waals surface area contributed by atoms with Crippen LogP contribution in [0.4, 0.5) is 4.39 Å². The number of ether oxygens (including phenoxy) is 1. The molecule has 0 spiro atoms. The molecule has 0 bridgehead atoms. The molecule has 0 heterocycles. The van der Waals surface area contributed by atoms with Gasteiger partial charge in [0, 0.05) is 12.1 Å². The number of halogens is 1. The lowest BCUT2D eigenvalue weighted by Gasteiger charge is -2.11. The molecule has 1 unspecified atom stereocenters. The van der Waals surface area contributed by atoms with Gasteiger partial charge in [0.05, 0.1) is 7.11 Å². The minimum Gasteiger partial charge on any atom is -0.508 e. The van der Waals surface area contributed by atoms with Crippen molar-refractivity contribution in [3.8, 4) is 11.5 Å². The number of phenolic OH excluding ortho intramolecular Hbond substituents is 1. The number of aromatic hydroxyl groups is 1. The first-order valence-electron chi connectivity index (χ1n) is 3.90. The van der Waals surface area contributed by atoms with Gasteiger partial charge in [-0.25, -0.2) is 4.39 Å². The van der Waals surface area contributed by atoms with Crippen molar-refractivity contribution >= 4 is 0 Å². The molecule has 3 N–H and O–H groups in total. The summed E-state index contributed by atoms with van der Waals surface area (Å²) in [5.41, 5.74) is 5.45. The fourth-order valence-corrected chi connectivity index (χ4v) is 1.09. The first kappa shape index (κ1) is 9.80. The Kier molecular flexibility index (Phi) is 3.08. The Morgan fingerprint density at radius 2 is 2.31 bits per heavy atom. The molecule has 1 aromatic carbocycles. The van der Waals surface area contributed by atoms with Crippen molar-refractivity contribution in [2.75, 3.05) is 13.7 Å². The molecular formula is C9H12FNO2. The smallest absolute Gasteiger partial charge is 0.141 e. The van der Waals surface area contributed by atoms with Gasteiger partial charge in [0.2, 0.25) is 0 Å². The zero-order valence-corrected chi connectivity index (χ0v) is 7.33. The van der Waals surface area contributed by atoms with Gasteiger partial charge in [-0.2, -0.15) is 0 Å². The minimum absolute atomic E-state index is 0.00639. The second-order valence-corrected chi connectivity index (χ2v) is 2.63. The van der Waals surface area contributed by atoms with Crippen molar-refractivity contribution in [2.24, 2.45) is 5.73 Å². The van der Waals surface area contributed by atoms with Gasteiger partial charge in [0.1, 0.15) is 17.7 Å². The van der Waals surface area contributed by atoms with Crippen molar-refractivity contribution < 1.29 is 14.2 Å². The number of hydrogen-bond acceptors (Lipinski definition) is 3. The van der Waals surface area contributed by atoms with E-state index in [0.717, 1.165) is 0 Å². The normalized spacial score (nSPS) is 12.5. The number of nitrogens with two attached hydrogens (primary N) is 1. The molecule has 0 aromatic heterocycles. The maximum atomic E-state index is 13.2. The quantitative estimate of drug-likeness (QED) is 0.747. The Balaban J connectivity index is 3.07. The molecule has 0 aliphatic carbocycles. The van der Waals surface area contributed by atoms with Crippen molar-refractivity contribution in [2.45, 2.75) is 6.17 Å². The van der Waals surface area contributed by atoms with Crippen LogP contribution in [-0.2, 0) is 0 Å². The molecule has 3 nitrogen and oxygen atoms in total. The van der Waals surface area contributed by atoms with Crippen LogP contribution in [0, 0.1) is 0 Å². The number of methoxy groups -OCH3 is 1. The molecule has 0 aliphatic rings. The standard InChI is InChI=1S/C9H12FNO2/c1-13-9-3-2-6(12)4-7(9)8(10)5-11/h2-4,8,12H,5,11H2,1H3. The van der Waals surface area contributed by atoms with E-state index in [1.807, 2.05) is 0 Å². The Morgan fingerprint density at radius 3 is 2.85 bits per heavy atom. The van der Waals surface area contributed by atoms with E-state index in [4.69, 9.17) is 15.6 Å². The second-order valence-electron chi connectivity index (χ2n) is 2.63. The topological polar surface area (TPSA) is 55.5 Å². The van der Waals surface area contributed by atoms with Crippen LogP contribution in [0.3, 0.4) is 0 Å². The monoisotopic (exact) mass is 185 g/mol. The molecule has 0 saturated heterocycles. The van der Waals surface area contributed by atoms with Gasteiger partial charge in [0.25, 0.3) is 0 Å². The average molecular weight is 185 g/mol. The molecule has 0 aliphatic heterocycles. The van der Waals surface area contributed by atoms with Crippen molar-refractivity contribution in [3.05, 3.63) is 23.8 Å². The summed E-state index contributed by atoms with van der Waals surface area (Å²) in [5.74, 6) is 0.405. The van der Waals surface area contributed by atoms with E-state index in [9.17, 15) is 4.39 Å². The van der Waals surface area contributed by atoms with Crippen LogP contribution < -0.4 is 10.5 Å². The highest BCUT2D eigenvalue weighted by atomic mass is 19.1. The molecule has 1 aromatic rings. The number of hydrogen-bond donors (Lipinski definition) is 2. The number of benzene rings is 1. The Bertz CT molecular complexity index is 291. The van der Waals surface area contributed by atoms with Gasteiger partial charge >= 0.3 is 0 Å². The maximum absolute atomic E-state index is 13.2. The van der Waals surface area contributed by atoms with Crippen molar-refractivity contribution in [1.29, 1.82) is 0 Å². The molecule has 0 radical (unpaired) electrons. The highest BCUT2D eigenvalue weighted by Crippen LogP contribution is 2.30. The number of rotatable bonds is 3. The summed E-state index contributed by atoms with van der Waals surface area (Å²) in [4.78, 5) is 0. The number of alkyl halides is 1. The molecule has 0 fully saturated rings. The van der Waals surface area contributed by atoms with E-state index in [-0.39, 0.29) is 17.9 Å². The van der Waals surface area contributed by atoms with Crippen molar-refractivity contribution in [3.63, 3.8) is 0 Å². The minimum atomic E-state index is -1.30. The van der Waals surface area contributed by atoms with E-state index in [0.29, 0.717) is 5.75 Å². The maximum Gasteiger partial charge on any atom is 0.141 e. The molecule has 0 amide bonds. The van der Waals surface area contributed by atoms with Gasteiger partial charge in [-0.15, -0.1) is 0 Å².